The van der Waals surface area contributed by atoms with Crippen LogP contribution in [0.3, 0.4) is 0 Å². The van der Waals surface area contributed by atoms with Crippen LogP contribution in [0, 0.1) is 6.92 Å². The van der Waals surface area contributed by atoms with Crippen molar-refractivity contribution in [1.29, 1.82) is 0 Å². The van der Waals surface area contributed by atoms with Crippen molar-refractivity contribution >= 4 is 27.3 Å². The van der Waals surface area contributed by atoms with Gasteiger partial charge in [-0.15, -0.1) is 0 Å². The van der Waals surface area contributed by atoms with E-state index in [2.05, 4.69) is 15.1 Å². The second-order valence-corrected chi connectivity index (χ2v) is 9.19. The summed E-state index contributed by atoms with van der Waals surface area (Å²) in [7, 11) is -3.37. The van der Waals surface area contributed by atoms with Gasteiger partial charge in [-0.2, -0.15) is 5.10 Å². The lowest BCUT2D eigenvalue weighted by Crippen LogP contribution is -2.13. The maximum absolute atomic E-state index is 13.1. The summed E-state index contributed by atoms with van der Waals surface area (Å²) in [6, 6.07) is 23.9. The number of nitrogens with one attached hydrogen (secondary N) is 2. The number of carbonyl (C=O) groups excluding carboxylic acids is 1. The predicted octanol–water partition coefficient (Wildman–Crippen LogP) is 4.47. The number of anilines is 2. The molecule has 0 atom stereocenters. The fraction of sp³-hybridized carbons (Fsp3) is 0.0833. The number of rotatable bonds is 6. The molecule has 0 bridgehead atoms. The Bertz CT molecular complexity index is 1340. The third-order valence-electron chi connectivity index (χ3n) is 4.75. The van der Waals surface area contributed by atoms with Crippen molar-refractivity contribution in [1.82, 2.24) is 9.78 Å². The van der Waals surface area contributed by atoms with Gasteiger partial charge in [-0.05, 0) is 43.3 Å². The molecule has 0 saturated heterocycles. The molecule has 0 radical (unpaired) electrons. The van der Waals surface area contributed by atoms with E-state index in [-0.39, 0.29) is 5.91 Å². The second kappa shape index (κ2) is 8.68. The number of amides is 1. The van der Waals surface area contributed by atoms with Gasteiger partial charge in [0, 0.05) is 23.1 Å². The molecule has 0 saturated carbocycles. The fourth-order valence-corrected chi connectivity index (χ4v) is 3.78. The SMILES string of the molecule is Cc1ccc(-n2cc(C(=O)Nc3ccc(NS(C)(=O)=O)cc3)c(-c3ccccc3)n2)cc1. The minimum Gasteiger partial charge on any atom is -0.322 e. The summed E-state index contributed by atoms with van der Waals surface area (Å²) in [5, 5.41) is 7.54. The zero-order chi connectivity index (χ0) is 22.7. The summed E-state index contributed by atoms with van der Waals surface area (Å²) in [4.78, 5) is 13.1. The van der Waals surface area contributed by atoms with E-state index in [0.717, 1.165) is 23.1 Å². The third-order valence-corrected chi connectivity index (χ3v) is 5.36. The number of benzene rings is 3. The molecule has 0 fully saturated rings. The van der Waals surface area contributed by atoms with Gasteiger partial charge in [0.1, 0.15) is 5.69 Å². The van der Waals surface area contributed by atoms with Crippen LogP contribution in [0.5, 0.6) is 0 Å². The minimum atomic E-state index is -3.37. The molecule has 7 nitrogen and oxygen atoms in total. The van der Waals surface area contributed by atoms with Crippen molar-refractivity contribution in [3.05, 3.63) is 96.2 Å². The molecule has 1 heterocycles. The van der Waals surface area contributed by atoms with Gasteiger partial charge < -0.3 is 5.32 Å². The Morgan fingerprint density at radius 2 is 1.50 bits per heavy atom. The highest BCUT2D eigenvalue weighted by molar-refractivity contribution is 7.92. The summed E-state index contributed by atoms with van der Waals surface area (Å²) >= 11 is 0. The number of carbonyl (C=O) groups is 1. The summed E-state index contributed by atoms with van der Waals surface area (Å²) in [5.74, 6) is -0.314. The quantitative estimate of drug-likeness (QED) is 0.457. The van der Waals surface area contributed by atoms with E-state index in [1.807, 2.05) is 61.5 Å². The summed E-state index contributed by atoms with van der Waals surface area (Å²) in [6.07, 6.45) is 2.79. The van der Waals surface area contributed by atoms with Crippen LogP contribution in [0.4, 0.5) is 11.4 Å². The molecule has 4 rings (SSSR count). The first-order valence-electron chi connectivity index (χ1n) is 9.90. The number of hydrogen-bond acceptors (Lipinski definition) is 4. The first-order valence-corrected chi connectivity index (χ1v) is 11.8. The lowest BCUT2D eigenvalue weighted by atomic mass is 10.1. The van der Waals surface area contributed by atoms with E-state index in [0.29, 0.717) is 22.6 Å². The monoisotopic (exact) mass is 446 g/mol. The third kappa shape index (κ3) is 5.04. The van der Waals surface area contributed by atoms with Crippen LogP contribution in [-0.2, 0) is 10.0 Å². The molecule has 8 heteroatoms. The molecule has 0 aliphatic rings. The molecule has 0 aliphatic carbocycles. The van der Waals surface area contributed by atoms with Crippen molar-refractivity contribution < 1.29 is 13.2 Å². The van der Waals surface area contributed by atoms with Gasteiger partial charge in [0.15, 0.2) is 0 Å². The predicted molar refractivity (Wildman–Crippen MR) is 127 cm³/mol. The van der Waals surface area contributed by atoms with Crippen LogP contribution < -0.4 is 10.0 Å². The Morgan fingerprint density at radius 1 is 0.875 bits per heavy atom. The largest absolute Gasteiger partial charge is 0.322 e. The standard InChI is InChI=1S/C24H22N4O3S/c1-17-8-14-21(15-9-17)28-16-22(23(26-28)18-6-4-3-5-7-18)24(29)25-19-10-12-20(13-11-19)27-32(2,30)31/h3-16,27H,1-2H3,(H,25,29). The van der Waals surface area contributed by atoms with Crippen LogP contribution in [0.2, 0.25) is 0 Å². The van der Waals surface area contributed by atoms with Gasteiger partial charge in [-0.1, -0.05) is 48.0 Å². The molecule has 0 aliphatic heterocycles. The van der Waals surface area contributed by atoms with Crippen LogP contribution in [0.25, 0.3) is 16.9 Å². The summed E-state index contributed by atoms with van der Waals surface area (Å²) in [6.45, 7) is 2.01. The molecule has 3 aromatic carbocycles. The molecule has 4 aromatic rings. The number of nitrogens with zero attached hydrogens (tertiary/aromatic N) is 2. The summed E-state index contributed by atoms with van der Waals surface area (Å²) < 4.78 is 26.8. The molecular formula is C24H22N4O3S. The maximum atomic E-state index is 13.1. The Balaban J connectivity index is 1.65. The van der Waals surface area contributed by atoms with Crippen molar-refractivity contribution in [2.24, 2.45) is 0 Å². The topological polar surface area (TPSA) is 93.1 Å². The van der Waals surface area contributed by atoms with Crippen molar-refractivity contribution in [2.75, 3.05) is 16.3 Å². The fourth-order valence-electron chi connectivity index (χ4n) is 3.21. The smallest absolute Gasteiger partial charge is 0.259 e. The zero-order valence-corrected chi connectivity index (χ0v) is 18.4. The van der Waals surface area contributed by atoms with Crippen molar-refractivity contribution in [3.63, 3.8) is 0 Å². The van der Waals surface area contributed by atoms with Crippen LogP contribution in [0.1, 0.15) is 15.9 Å². The Labute approximate surface area is 186 Å². The molecular weight excluding hydrogens is 424 g/mol. The second-order valence-electron chi connectivity index (χ2n) is 7.44. The molecule has 1 aromatic heterocycles. The van der Waals surface area contributed by atoms with Crippen LogP contribution in [-0.4, -0.2) is 30.4 Å². The molecule has 32 heavy (non-hydrogen) atoms. The lowest BCUT2D eigenvalue weighted by molar-refractivity contribution is 0.102. The minimum absolute atomic E-state index is 0.314. The molecule has 1 amide bonds. The van der Waals surface area contributed by atoms with Crippen molar-refractivity contribution in [2.45, 2.75) is 6.92 Å². The maximum Gasteiger partial charge on any atom is 0.259 e. The van der Waals surface area contributed by atoms with Crippen molar-refractivity contribution in [3.8, 4) is 16.9 Å². The van der Waals surface area contributed by atoms with Gasteiger partial charge in [0.25, 0.3) is 5.91 Å². The van der Waals surface area contributed by atoms with Crippen LogP contribution in [0.15, 0.2) is 85.1 Å². The van der Waals surface area contributed by atoms with E-state index >= 15 is 0 Å². The van der Waals surface area contributed by atoms with Gasteiger partial charge in [-0.3, -0.25) is 9.52 Å². The number of sulfonamides is 1. The van der Waals surface area contributed by atoms with E-state index in [9.17, 15) is 13.2 Å². The number of hydrogen-bond donors (Lipinski definition) is 2. The Morgan fingerprint density at radius 3 is 2.12 bits per heavy atom. The van der Waals surface area contributed by atoms with E-state index in [1.54, 1.807) is 35.1 Å². The zero-order valence-electron chi connectivity index (χ0n) is 17.6. The van der Waals surface area contributed by atoms with E-state index in [4.69, 9.17) is 0 Å². The normalized spacial score (nSPS) is 11.2. The Kier molecular flexibility index (Phi) is 5.79. The van der Waals surface area contributed by atoms with Gasteiger partial charge in [-0.25, -0.2) is 13.1 Å². The molecule has 0 unspecified atom stereocenters. The molecule has 162 valence electrons. The van der Waals surface area contributed by atoms with E-state index < -0.39 is 10.0 Å². The van der Waals surface area contributed by atoms with Gasteiger partial charge in [0.2, 0.25) is 10.0 Å². The number of aryl methyl sites for hydroxylation is 1. The highest BCUT2D eigenvalue weighted by Gasteiger charge is 2.19. The summed E-state index contributed by atoms with van der Waals surface area (Å²) in [5.41, 5.74) is 4.77. The van der Waals surface area contributed by atoms with Gasteiger partial charge in [0.05, 0.1) is 17.5 Å². The van der Waals surface area contributed by atoms with Crippen LogP contribution >= 0.6 is 0 Å². The Hall–Kier alpha value is -3.91. The highest BCUT2D eigenvalue weighted by Crippen LogP contribution is 2.25. The molecule has 0 spiro atoms. The average molecular weight is 447 g/mol. The highest BCUT2D eigenvalue weighted by atomic mass is 32.2. The lowest BCUT2D eigenvalue weighted by Gasteiger charge is -2.07. The first-order chi connectivity index (χ1) is 15.3. The number of aromatic nitrogens is 2. The first kappa shape index (κ1) is 21.3. The van der Waals surface area contributed by atoms with Gasteiger partial charge >= 0.3 is 0 Å². The average Bonchev–Trinajstić information content (AvgIpc) is 3.21. The molecule has 2 N–H and O–H groups in total. The van der Waals surface area contributed by atoms with E-state index in [1.165, 1.54) is 0 Å².